The van der Waals surface area contributed by atoms with E-state index in [1.54, 1.807) is 7.11 Å². The van der Waals surface area contributed by atoms with Gasteiger partial charge in [-0.25, -0.2) is 9.78 Å². The SMILES string of the molecule is COc1ccc2nc(CCCl)n(CCOC(N)=O)c2c1. The minimum Gasteiger partial charge on any atom is -0.497 e. The summed E-state index contributed by atoms with van der Waals surface area (Å²) < 4.78 is 12.0. The van der Waals surface area contributed by atoms with E-state index in [9.17, 15) is 4.79 Å². The molecule has 0 atom stereocenters. The van der Waals surface area contributed by atoms with Crippen LogP contribution in [0, 0.1) is 0 Å². The largest absolute Gasteiger partial charge is 0.497 e. The lowest BCUT2D eigenvalue weighted by atomic mass is 10.3. The number of methoxy groups -OCH3 is 1. The molecule has 108 valence electrons. The standard InChI is InChI=1S/C13H16ClN3O3/c1-19-9-2-3-10-11(8-9)17(6-7-20-13(15)18)12(16-10)4-5-14/h2-3,8H,4-7H2,1H3,(H2,15,18). The number of imidazole rings is 1. The molecule has 0 fully saturated rings. The van der Waals surface area contributed by atoms with Gasteiger partial charge in [-0.2, -0.15) is 0 Å². The molecule has 0 bridgehead atoms. The van der Waals surface area contributed by atoms with Crippen molar-refractivity contribution in [1.29, 1.82) is 0 Å². The maximum atomic E-state index is 10.6. The van der Waals surface area contributed by atoms with Crippen LogP contribution >= 0.6 is 11.6 Å². The zero-order chi connectivity index (χ0) is 14.5. The second kappa shape index (κ2) is 6.47. The highest BCUT2D eigenvalue weighted by Crippen LogP contribution is 2.22. The normalized spacial score (nSPS) is 10.7. The van der Waals surface area contributed by atoms with Crippen LogP contribution < -0.4 is 10.5 Å². The first kappa shape index (κ1) is 14.5. The fourth-order valence-corrected chi connectivity index (χ4v) is 2.21. The molecule has 0 saturated heterocycles. The van der Waals surface area contributed by atoms with E-state index in [0.29, 0.717) is 18.8 Å². The van der Waals surface area contributed by atoms with Gasteiger partial charge < -0.3 is 19.8 Å². The van der Waals surface area contributed by atoms with Crippen LogP contribution in [0.1, 0.15) is 5.82 Å². The van der Waals surface area contributed by atoms with E-state index < -0.39 is 6.09 Å². The molecular formula is C13H16ClN3O3. The number of fused-ring (bicyclic) bond motifs is 1. The van der Waals surface area contributed by atoms with Gasteiger partial charge >= 0.3 is 6.09 Å². The average molecular weight is 298 g/mol. The van der Waals surface area contributed by atoms with E-state index >= 15 is 0 Å². The summed E-state index contributed by atoms with van der Waals surface area (Å²) in [5.41, 5.74) is 6.73. The molecule has 0 saturated carbocycles. The summed E-state index contributed by atoms with van der Waals surface area (Å²) in [5, 5.41) is 0. The number of hydrogen-bond donors (Lipinski definition) is 1. The van der Waals surface area contributed by atoms with Crippen LogP contribution in [0.15, 0.2) is 18.2 Å². The van der Waals surface area contributed by atoms with Crippen LogP contribution in [-0.4, -0.2) is 35.2 Å². The zero-order valence-electron chi connectivity index (χ0n) is 11.1. The van der Waals surface area contributed by atoms with Gasteiger partial charge in [-0.15, -0.1) is 11.6 Å². The third-order valence-corrected chi connectivity index (χ3v) is 3.10. The number of aromatic nitrogens is 2. The molecule has 6 nitrogen and oxygen atoms in total. The van der Waals surface area contributed by atoms with Gasteiger partial charge in [0.1, 0.15) is 18.2 Å². The smallest absolute Gasteiger partial charge is 0.404 e. The Morgan fingerprint density at radius 2 is 2.30 bits per heavy atom. The number of benzene rings is 1. The molecular weight excluding hydrogens is 282 g/mol. The Labute approximate surface area is 121 Å². The van der Waals surface area contributed by atoms with Gasteiger partial charge in [0.25, 0.3) is 0 Å². The summed E-state index contributed by atoms with van der Waals surface area (Å²) in [6.07, 6.45) is -0.152. The third-order valence-electron chi connectivity index (χ3n) is 2.91. The Morgan fingerprint density at radius 1 is 1.50 bits per heavy atom. The van der Waals surface area contributed by atoms with Crippen molar-refractivity contribution >= 4 is 28.7 Å². The first-order chi connectivity index (χ1) is 9.65. The van der Waals surface area contributed by atoms with Crippen molar-refractivity contribution in [3.05, 3.63) is 24.0 Å². The molecule has 1 aromatic heterocycles. The van der Waals surface area contributed by atoms with Gasteiger partial charge in [-0.1, -0.05) is 0 Å². The Hall–Kier alpha value is -1.95. The minimum absolute atomic E-state index is 0.188. The molecule has 0 aliphatic rings. The van der Waals surface area contributed by atoms with Crippen LogP contribution in [-0.2, 0) is 17.7 Å². The number of nitrogens with zero attached hydrogens (tertiary/aromatic N) is 2. The van der Waals surface area contributed by atoms with Crippen molar-refractivity contribution in [3.63, 3.8) is 0 Å². The summed E-state index contributed by atoms with van der Waals surface area (Å²) >= 11 is 5.80. The van der Waals surface area contributed by atoms with E-state index in [1.165, 1.54) is 0 Å². The summed E-state index contributed by atoms with van der Waals surface area (Å²) in [4.78, 5) is 15.2. The lowest BCUT2D eigenvalue weighted by Gasteiger charge is -2.09. The number of amides is 1. The molecule has 7 heteroatoms. The maximum absolute atomic E-state index is 10.6. The van der Waals surface area contributed by atoms with Crippen molar-refractivity contribution < 1.29 is 14.3 Å². The number of ether oxygens (including phenoxy) is 2. The van der Waals surface area contributed by atoms with Crippen molar-refractivity contribution in [2.24, 2.45) is 5.73 Å². The second-order valence-electron chi connectivity index (χ2n) is 4.14. The average Bonchev–Trinajstić information content (AvgIpc) is 2.76. The van der Waals surface area contributed by atoms with Gasteiger partial charge in [0, 0.05) is 18.4 Å². The first-order valence-electron chi connectivity index (χ1n) is 6.17. The molecule has 2 N–H and O–H groups in total. The van der Waals surface area contributed by atoms with Crippen LogP contribution in [0.25, 0.3) is 11.0 Å². The summed E-state index contributed by atoms with van der Waals surface area (Å²) in [5.74, 6) is 2.06. The fraction of sp³-hybridized carbons (Fsp3) is 0.385. The van der Waals surface area contributed by atoms with Crippen molar-refractivity contribution in [2.75, 3.05) is 19.6 Å². The van der Waals surface area contributed by atoms with E-state index in [1.807, 2.05) is 22.8 Å². The quantitative estimate of drug-likeness (QED) is 0.826. The molecule has 1 amide bonds. The minimum atomic E-state index is -0.786. The highest BCUT2D eigenvalue weighted by Gasteiger charge is 2.11. The van der Waals surface area contributed by atoms with Gasteiger partial charge in [0.2, 0.25) is 0 Å². The Morgan fingerprint density at radius 3 is 2.95 bits per heavy atom. The fourth-order valence-electron chi connectivity index (χ4n) is 2.04. The van der Waals surface area contributed by atoms with E-state index in [2.05, 4.69) is 4.98 Å². The Kier molecular flexibility index (Phi) is 4.68. The number of halogens is 1. The molecule has 2 rings (SSSR count). The molecule has 0 aliphatic carbocycles. The number of primary amides is 1. The number of aryl methyl sites for hydroxylation is 1. The molecule has 2 aromatic rings. The maximum Gasteiger partial charge on any atom is 0.404 e. The number of rotatable bonds is 6. The van der Waals surface area contributed by atoms with E-state index in [-0.39, 0.29) is 6.61 Å². The number of nitrogens with two attached hydrogens (primary N) is 1. The van der Waals surface area contributed by atoms with Crippen LogP contribution in [0.5, 0.6) is 5.75 Å². The number of carbonyl (C=O) groups excluding carboxylic acids is 1. The predicted molar refractivity (Wildman–Crippen MR) is 76.2 cm³/mol. The molecule has 0 unspecified atom stereocenters. The Balaban J connectivity index is 2.35. The molecule has 1 aromatic carbocycles. The monoisotopic (exact) mass is 297 g/mol. The van der Waals surface area contributed by atoms with Crippen LogP contribution in [0.3, 0.4) is 0 Å². The van der Waals surface area contributed by atoms with Gasteiger partial charge in [0.15, 0.2) is 0 Å². The van der Waals surface area contributed by atoms with Gasteiger partial charge in [0.05, 0.1) is 24.7 Å². The molecule has 20 heavy (non-hydrogen) atoms. The topological polar surface area (TPSA) is 79.4 Å². The highest BCUT2D eigenvalue weighted by atomic mass is 35.5. The lowest BCUT2D eigenvalue weighted by Crippen LogP contribution is -2.17. The van der Waals surface area contributed by atoms with Crippen molar-refractivity contribution in [1.82, 2.24) is 9.55 Å². The van der Waals surface area contributed by atoms with Gasteiger partial charge in [-0.05, 0) is 12.1 Å². The zero-order valence-corrected chi connectivity index (χ0v) is 11.9. The van der Waals surface area contributed by atoms with Crippen molar-refractivity contribution in [2.45, 2.75) is 13.0 Å². The van der Waals surface area contributed by atoms with Crippen molar-refractivity contribution in [3.8, 4) is 5.75 Å². The number of carbonyl (C=O) groups is 1. The first-order valence-corrected chi connectivity index (χ1v) is 6.70. The van der Waals surface area contributed by atoms with E-state index in [0.717, 1.165) is 22.6 Å². The van der Waals surface area contributed by atoms with E-state index in [4.69, 9.17) is 26.8 Å². The molecule has 0 aliphatic heterocycles. The summed E-state index contributed by atoms with van der Waals surface area (Å²) in [6.45, 7) is 0.659. The van der Waals surface area contributed by atoms with Crippen LogP contribution in [0.2, 0.25) is 0 Å². The second-order valence-corrected chi connectivity index (χ2v) is 4.52. The molecule has 0 spiro atoms. The number of hydrogen-bond acceptors (Lipinski definition) is 4. The van der Waals surface area contributed by atoms with Crippen LogP contribution in [0.4, 0.5) is 4.79 Å². The molecule has 1 heterocycles. The highest BCUT2D eigenvalue weighted by molar-refractivity contribution is 6.17. The summed E-state index contributed by atoms with van der Waals surface area (Å²) in [6, 6.07) is 5.63. The van der Waals surface area contributed by atoms with Gasteiger partial charge in [-0.3, -0.25) is 0 Å². The third kappa shape index (κ3) is 3.14. The lowest BCUT2D eigenvalue weighted by molar-refractivity contribution is 0.152. The molecule has 0 radical (unpaired) electrons. The Bertz CT molecular complexity index is 612. The summed E-state index contributed by atoms with van der Waals surface area (Å²) in [7, 11) is 1.61. The number of alkyl halides is 1. The predicted octanol–water partition coefficient (Wildman–Crippen LogP) is 1.92.